The third-order valence-electron chi connectivity index (χ3n) is 5.25. The van der Waals surface area contributed by atoms with Crippen molar-refractivity contribution < 1.29 is 9.47 Å². The number of hydrogen-bond donors (Lipinski definition) is 1. The lowest BCUT2D eigenvalue weighted by atomic mass is 10.0. The highest BCUT2D eigenvalue weighted by Crippen LogP contribution is 2.31. The van der Waals surface area contributed by atoms with Crippen LogP contribution in [0.3, 0.4) is 0 Å². The number of nitrogens with two attached hydrogens (primary N) is 1. The number of benzene rings is 2. The van der Waals surface area contributed by atoms with E-state index in [0.29, 0.717) is 23.0 Å². The Balaban J connectivity index is 1.52. The summed E-state index contributed by atoms with van der Waals surface area (Å²) in [4.78, 5) is 9.40. The van der Waals surface area contributed by atoms with Crippen LogP contribution >= 0.6 is 0 Å². The lowest BCUT2D eigenvalue weighted by Crippen LogP contribution is -2.26. The smallest absolute Gasteiger partial charge is 0.236 e. The van der Waals surface area contributed by atoms with Gasteiger partial charge in [-0.1, -0.05) is 73.3 Å². The summed E-state index contributed by atoms with van der Waals surface area (Å²) in [5.74, 6) is 0.988. The predicted octanol–water partition coefficient (Wildman–Crippen LogP) is 5.06. The molecule has 5 heteroatoms. The largest absolute Gasteiger partial charge is 0.482 e. The summed E-state index contributed by atoms with van der Waals surface area (Å²) in [6, 6.07) is 25.4. The molecular weight excluding hydrogens is 386 g/mol. The van der Waals surface area contributed by atoms with E-state index in [-0.39, 0.29) is 24.3 Å². The van der Waals surface area contributed by atoms with Crippen LogP contribution in [0.2, 0.25) is 0 Å². The van der Waals surface area contributed by atoms with Crippen molar-refractivity contribution in [2.45, 2.75) is 38.1 Å². The fourth-order valence-corrected chi connectivity index (χ4v) is 3.66. The molecule has 3 aromatic rings. The van der Waals surface area contributed by atoms with Crippen LogP contribution < -0.4 is 5.73 Å². The second-order valence-corrected chi connectivity index (χ2v) is 7.76. The fraction of sp³-hybridized carbons (Fsp3) is 0.231. The molecule has 0 saturated heterocycles. The summed E-state index contributed by atoms with van der Waals surface area (Å²) < 4.78 is 12.3. The zero-order valence-electron chi connectivity index (χ0n) is 17.8. The minimum absolute atomic E-state index is 0.00265. The number of rotatable bonds is 7. The topological polar surface area (TPSA) is 69.7 Å². The van der Waals surface area contributed by atoms with Gasteiger partial charge in [-0.2, -0.15) is 0 Å². The standard InChI is InChI=1S/C26H27N3O2/c1-17(27)24(20-11-6-4-7-12-20)30-19(3)22-15-10-16-23(29-22)26-28-18(2)25(31-26)21-13-8-5-9-14-21/h4-18,24-25H,3,27H2,1-2H3/t17-,18-,24+,25+/m0/s1. The SMILES string of the molecule is C=C(O[C@@H](c1ccccc1)[C@H](C)N)c1cccc(C2=N[C@@H](C)[C@H](c3ccccc3)O2)n1. The highest BCUT2D eigenvalue weighted by Gasteiger charge is 2.30. The van der Waals surface area contributed by atoms with Crippen LogP contribution in [0.1, 0.15) is 48.6 Å². The number of aromatic nitrogens is 1. The first kappa shape index (κ1) is 20.8. The van der Waals surface area contributed by atoms with E-state index >= 15 is 0 Å². The second-order valence-electron chi connectivity index (χ2n) is 7.76. The number of hydrogen-bond acceptors (Lipinski definition) is 5. The van der Waals surface area contributed by atoms with Gasteiger partial charge < -0.3 is 15.2 Å². The molecule has 0 fully saturated rings. The van der Waals surface area contributed by atoms with Crippen LogP contribution in [0.4, 0.5) is 0 Å². The first-order valence-electron chi connectivity index (χ1n) is 10.5. The van der Waals surface area contributed by atoms with E-state index in [0.717, 1.165) is 11.1 Å². The Bertz CT molecular complexity index is 1060. The molecule has 0 saturated carbocycles. The number of ether oxygens (including phenoxy) is 2. The van der Waals surface area contributed by atoms with Crippen molar-refractivity contribution in [2.24, 2.45) is 10.7 Å². The molecule has 2 aromatic carbocycles. The van der Waals surface area contributed by atoms with E-state index in [1.807, 2.05) is 80.6 Å². The molecule has 4 rings (SSSR count). The third kappa shape index (κ3) is 4.67. The van der Waals surface area contributed by atoms with E-state index in [1.54, 1.807) is 0 Å². The minimum Gasteiger partial charge on any atom is -0.482 e. The maximum atomic E-state index is 6.18. The highest BCUT2D eigenvalue weighted by atomic mass is 16.5. The molecule has 4 atom stereocenters. The van der Waals surface area contributed by atoms with Crippen LogP contribution in [-0.4, -0.2) is 23.0 Å². The highest BCUT2D eigenvalue weighted by molar-refractivity contribution is 5.93. The van der Waals surface area contributed by atoms with Crippen molar-refractivity contribution in [3.8, 4) is 0 Å². The Hall–Kier alpha value is -3.44. The Morgan fingerprint density at radius 2 is 1.68 bits per heavy atom. The van der Waals surface area contributed by atoms with Gasteiger partial charge in [0.2, 0.25) is 5.90 Å². The molecule has 158 valence electrons. The second kappa shape index (κ2) is 9.14. The first-order valence-corrected chi connectivity index (χ1v) is 10.5. The van der Waals surface area contributed by atoms with E-state index in [2.05, 4.69) is 18.7 Å². The van der Waals surface area contributed by atoms with Gasteiger partial charge in [0.05, 0.1) is 6.04 Å². The van der Waals surface area contributed by atoms with Crippen molar-refractivity contribution >= 4 is 11.7 Å². The van der Waals surface area contributed by atoms with Gasteiger partial charge in [0.1, 0.15) is 29.4 Å². The van der Waals surface area contributed by atoms with E-state index in [4.69, 9.17) is 25.2 Å². The van der Waals surface area contributed by atoms with Gasteiger partial charge in [-0.15, -0.1) is 0 Å². The first-order chi connectivity index (χ1) is 15.0. The number of pyridine rings is 1. The molecule has 1 aliphatic heterocycles. The summed E-state index contributed by atoms with van der Waals surface area (Å²) in [6.07, 6.45) is -0.441. The summed E-state index contributed by atoms with van der Waals surface area (Å²) in [5.41, 5.74) is 9.56. The molecule has 0 radical (unpaired) electrons. The maximum Gasteiger partial charge on any atom is 0.236 e. The van der Waals surface area contributed by atoms with Gasteiger partial charge in [0, 0.05) is 6.04 Å². The zero-order valence-corrected chi connectivity index (χ0v) is 17.8. The molecule has 0 bridgehead atoms. The summed E-state index contributed by atoms with van der Waals surface area (Å²) in [5, 5.41) is 0. The van der Waals surface area contributed by atoms with E-state index in [9.17, 15) is 0 Å². The van der Waals surface area contributed by atoms with Crippen LogP contribution in [-0.2, 0) is 9.47 Å². The van der Waals surface area contributed by atoms with Gasteiger partial charge in [-0.25, -0.2) is 9.98 Å². The van der Waals surface area contributed by atoms with Crippen LogP contribution in [0, 0.1) is 0 Å². The Labute approximate surface area is 183 Å². The Morgan fingerprint density at radius 3 is 2.35 bits per heavy atom. The summed E-state index contributed by atoms with van der Waals surface area (Å²) in [7, 11) is 0. The molecule has 1 aromatic heterocycles. The Morgan fingerprint density at radius 1 is 1.00 bits per heavy atom. The molecule has 2 heterocycles. The third-order valence-corrected chi connectivity index (χ3v) is 5.25. The van der Waals surface area contributed by atoms with Gasteiger partial charge in [0.15, 0.2) is 0 Å². The quantitative estimate of drug-likeness (QED) is 0.550. The van der Waals surface area contributed by atoms with Gasteiger partial charge in [0.25, 0.3) is 0 Å². The molecule has 5 nitrogen and oxygen atoms in total. The van der Waals surface area contributed by atoms with E-state index in [1.165, 1.54) is 0 Å². The molecule has 1 aliphatic rings. The van der Waals surface area contributed by atoms with Crippen LogP contribution in [0.25, 0.3) is 5.76 Å². The lowest BCUT2D eigenvalue weighted by Gasteiger charge is -2.24. The zero-order chi connectivity index (χ0) is 21.8. The molecular formula is C26H27N3O2. The van der Waals surface area contributed by atoms with Crippen molar-refractivity contribution in [3.05, 3.63) is 108 Å². The molecule has 0 amide bonds. The van der Waals surface area contributed by atoms with Gasteiger partial charge in [-0.3, -0.25) is 0 Å². The fourth-order valence-electron chi connectivity index (χ4n) is 3.66. The lowest BCUT2D eigenvalue weighted by molar-refractivity contribution is 0.146. The monoisotopic (exact) mass is 413 g/mol. The van der Waals surface area contributed by atoms with Crippen LogP contribution in [0.5, 0.6) is 0 Å². The van der Waals surface area contributed by atoms with Crippen molar-refractivity contribution in [2.75, 3.05) is 0 Å². The van der Waals surface area contributed by atoms with Crippen molar-refractivity contribution in [1.82, 2.24) is 4.98 Å². The van der Waals surface area contributed by atoms with Crippen molar-refractivity contribution in [1.29, 1.82) is 0 Å². The van der Waals surface area contributed by atoms with E-state index < -0.39 is 0 Å². The molecule has 0 spiro atoms. The number of nitrogens with zero attached hydrogens (tertiary/aromatic N) is 2. The van der Waals surface area contributed by atoms with Crippen molar-refractivity contribution in [3.63, 3.8) is 0 Å². The summed E-state index contributed by atoms with van der Waals surface area (Å²) in [6.45, 7) is 8.06. The number of aliphatic imine (C=N–C) groups is 1. The maximum absolute atomic E-state index is 6.18. The molecule has 0 aliphatic carbocycles. The molecule has 2 N–H and O–H groups in total. The van der Waals surface area contributed by atoms with Crippen LogP contribution in [0.15, 0.2) is 90.4 Å². The average Bonchev–Trinajstić information content (AvgIpc) is 3.20. The Kier molecular flexibility index (Phi) is 6.14. The molecule has 0 unspecified atom stereocenters. The predicted molar refractivity (Wildman–Crippen MR) is 123 cm³/mol. The minimum atomic E-state index is -0.318. The van der Waals surface area contributed by atoms with Gasteiger partial charge >= 0.3 is 0 Å². The van der Waals surface area contributed by atoms with Gasteiger partial charge in [-0.05, 0) is 37.1 Å². The molecule has 31 heavy (non-hydrogen) atoms. The normalized spacial score (nSPS) is 19.8. The average molecular weight is 414 g/mol. The summed E-state index contributed by atoms with van der Waals surface area (Å²) >= 11 is 0.